The van der Waals surface area contributed by atoms with Gasteiger partial charge in [0.25, 0.3) is 5.91 Å². The summed E-state index contributed by atoms with van der Waals surface area (Å²) in [4.78, 5) is 36.0. The Bertz CT molecular complexity index is 689. The van der Waals surface area contributed by atoms with Gasteiger partial charge in [-0.05, 0) is 30.4 Å². The fraction of sp³-hybridized carbons (Fsp3) is 0.471. The average Bonchev–Trinajstić information content (AvgIpc) is 2.76. The molecule has 0 aromatic heterocycles. The van der Waals surface area contributed by atoms with Gasteiger partial charge in [0.15, 0.2) is 0 Å². The molecule has 130 valence electrons. The molecule has 0 spiro atoms. The summed E-state index contributed by atoms with van der Waals surface area (Å²) in [6.07, 6.45) is 0.754. The molecule has 1 fully saturated rings. The molecule has 7 heteroatoms. The van der Waals surface area contributed by atoms with Gasteiger partial charge >= 0.3 is 0 Å². The van der Waals surface area contributed by atoms with Crippen LogP contribution in [0, 0.1) is 16.7 Å². The van der Waals surface area contributed by atoms with E-state index in [1.165, 1.54) is 6.07 Å². The minimum absolute atomic E-state index is 0.240. The zero-order chi connectivity index (χ0) is 18.1. The zero-order valence-corrected chi connectivity index (χ0v) is 14.6. The molecule has 2 atom stereocenters. The second kappa shape index (κ2) is 6.43. The van der Waals surface area contributed by atoms with Crippen LogP contribution in [0.5, 0.6) is 0 Å². The SMILES string of the molecule is CC1(C(=O)[O-])CCC(C(=O)NNC(=O)c2ccccc2Cl)C1(C)C. The van der Waals surface area contributed by atoms with Crippen molar-refractivity contribution in [3.8, 4) is 0 Å². The molecule has 0 radical (unpaired) electrons. The molecule has 2 unspecified atom stereocenters. The first-order valence-corrected chi connectivity index (χ1v) is 8.05. The summed E-state index contributed by atoms with van der Waals surface area (Å²) < 4.78 is 0. The number of hydrogen-bond acceptors (Lipinski definition) is 4. The topological polar surface area (TPSA) is 98.3 Å². The molecular weight excluding hydrogens is 332 g/mol. The first-order valence-electron chi connectivity index (χ1n) is 7.67. The van der Waals surface area contributed by atoms with Gasteiger partial charge in [-0.15, -0.1) is 0 Å². The van der Waals surface area contributed by atoms with Gasteiger partial charge in [-0.3, -0.25) is 20.4 Å². The van der Waals surface area contributed by atoms with Crippen LogP contribution < -0.4 is 16.0 Å². The highest BCUT2D eigenvalue weighted by atomic mass is 35.5. The van der Waals surface area contributed by atoms with Crippen molar-refractivity contribution < 1.29 is 19.5 Å². The van der Waals surface area contributed by atoms with E-state index in [-0.39, 0.29) is 10.6 Å². The quantitative estimate of drug-likeness (QED) is 0.802. The molecule has 1 aromatic rings. The van der Waals surface area contributed by atoms with Crippen LogP contribution in [0.1, 0.15) is 44.0 Å². The third-order valence-electron chi connectivity index (χ3n) is 5.41. The number of carboxylic acids is 1. The number of hydrazine groups is 1. The molecule has 0 aliphatic heterocycles. The molecule has 0 saturated heterocycles. The van der Waals surface area contributed by atoms with Crippen LogP contribution in [0.3, 0.4) is 0 Å². The summed E-state index contributed by atoms with van der Waals surface area (Å²) in [7, 11) is 0. The number of carboxylic acid groups (broad SMARTS) is 1. The van der Waals surface area contributed by atoms with Crippen LogP contribution in [0.2, 0.25) is 5.02 Å². The molecule has 6 nitrogen and oxygen atoms in total. The maximum atomic E-state index is 12.4. The van der Waals surface area contributed by atoms with Gasteiger partial charge in [0.05, 0.1) is 10.6 Å². The number of carbonyl (C=O) groups excluding carboxylic acids is 3. The third kappa shape index (κ3) is 2.98. The maximum Gasteiger partial charge on any atom is 0.271 e. The van der Waals surface area contributed by atoms with E-state index in [1.807, 2.05) is 0 Å². The zero-order valence-electron chi connectivity index (χ0n) is 13.8. The van der Waals surface area contributed by atoms with Crippen molar-refractivity contribution in [3.05, 3.63) is 34.9 Å². The Kier molecular flexibility index (Phi) is 4.90. The van der Waals surface area contributed by atoms with Crippen molar-refractivity contribution in [2.75, 3.05) is 0 Å². The van der Waals surface area contributed by atoms with E-state index in [9.17, 15) is 19.5 Å². The maximum absolute atomic E-state index is 12.4. The first kappa shape index (κ1) is 18.3. The predicted octanol–water partition coefficient (Wildman–Crippen LogP) is 1.29. The van der Waals surface area contributed by atoms with Crippen molar-refractivity contribution in [1.82, 2.24) is 10.9 Å². The normalized spacial score (nSPS) is 25.1. The van der Waals surface area contributed by atoms with Crippen molar-refractivity contribution in [2.24, 2.45) is 16.7 Å². The summed E-state index contributed by atoms with van der Waals surface area (Å²) in [5.41, 5.74) is 3.04. The fourth-order valence-corrected chi connectivity index (χ4v) is 3.46. The number of amides is 2. The van der Waals surface area contributed by atoms with Gasteiger partial charge in [-0.1, -0.05) is 44.5 Å². The van der Waals surface area contributed by atoms with E-state index < -0.39 is 34.5 Å². The second-order valence-electron chi connectivity index (χ2n) is 6.86. The molecule has 1 aliphatic carbocycles. The van der Waals surface area contributed by atoms with Crippen LogP contribution in [-0.4, -0.2) is 17.8 Å². The Morgan fingerprint density at radius 2 is 1.79 bits per heavy atom. The van der Waals surface area contributed by atoms with Crippen LogP contribution in [0.15, 0.2) is 24.3 Å². The minimum atomic E-state index is -1.16. The summed E-state index contributed by atoms with van der Waals surface area (Å²) in [5, 5.41) is 11.7. The number of hydrogen-bond donors (Lipinski definition) is 2. The summed E-state index contributed by atoms with van der Waals surface area (Å²) in [5.74, 6) is -2.67. The molecule has 0 heterocycles. The number of halogens is 1. The van der Waals surface area contributed by atoms with Gasteiger partial charge in [0.1, 0.15) is 0 Å². The van der Waals surface area contributed by atoms with E-state index in [4.69, 9.17) is 11.6 Å². The standard InChI is InChI=1S/C17H21ClN2O4/c1-16(2)11(8-9-17(16,3)15(23)24)14(22)20-19-13(21)10-6-4-5-7-12(10)18/h4-7,11H,8-9H2,1-3H3,(H,19,21)(H,20,22)(H,23,24)/p-1. The Morgan fingerprint density at radius 1 is 1.17 bits per heavy atom. The minimum Gasteiger partial charge on any atom is -0.550 e. The monoisotopic (exact) mass is 351 g/mol. The fourth-order valence-electron chi connectivity index (χ4n) is 3.24. The van der Waals surface area contributed by atoms with Crippen LogP contribution in [0.25, 0.3) is 0 Å². The van der Waals surface area contributed by atoms with Gasteiger partial charge in [0, 0.05) is 17.3 Å². The lowest BCUT2D eigenvalue weighted by Gasteiger charge is -2.41. The first-order chi connectivity index (χ1) is 11.1. The number of carbonyl (C=O) groups is 3. The highest BCUT2D eigenvalue weighted by Gasteiger charge is 2.54. The van der Waals surface area contributed by atoms with E-state index in [2.05, 4.69) is 10.9 Å². The van der Waals surface area contributed by atoms with Crippen molar-refractivity contribution in [3.63, 3.8) is 0 Å². The van der Waals surface area contributed by atoms with Crippen LogP contribution >= 0.6 is 11.6 Å². The third-order valence-corrected chi connectivity index (χ3v) is 5.74. The highest BCUT2D eigenvalue weighted by molar-refractivity contribution is 6.33. The molecular formula is C17H20ClN2O4-. The van der Waals surface area contributed by atoms with Crippen LogP contribution in [-0.2, 0) is 9.59 Å². The Balaban J connectivity index is 2.05. The second-order valence-corrected chi connectivity index (χ2v) is 7.26. The van der Waals surface area contributed by atoms with E-state index in [0.29, 0.717) is 12.8 Å². The summed E-state index contributed by atoms with van der Waals surface area (Å²) in [6.45, 7) is 5.06. The number of rotatable bonds is 3. The Labute approximate surface area is 145 Å². The smallest absolute Gasteiger partial charge is 0.271 e. The van der Waals surface area contributed by atoms with Crippen molar-refractivity contribution >= 4 is 29.4 Å². The van der Waals surface area contributed by atoms with Crippen LogP contribution in [0.4, 0.5) is 0 Å². The summed E-state index contributed by atoms with van der Waals surface area (Å²) in [6, 6.07) is 6.47. The number of aliphatic carboxylic acids is 1. The molecule has 2 amide bonds. The van der Waals surface area contributed by atoms with Gasteiger partial charge in [-0.2, -0.15) is 0 Å². The highest BCUT2D eigenvalue weighted by Crippen LogP contribution is 2.55. The van der Waals surface area contributed by atoms with Crippen molar-refractivity contribution in [2.45, 2.75) is 33.6 Å². The predicted molar refractivity (Wildman–Crippen MR) is 86.7 cm³/mol. The molecule has 1 aliphatic rings. The molecule has 2 N–H and O–H groups in total. The molecule has 0 bridgehead atoms. The Hall–Kier alpha value is -2.08. The van der Waals surface area contributed by atoms with E-state index >= 15 is 0 Å². The Morgan fingerprint density at radius 3 is 2.33 bits per heavy atom. The lowest BCUT2D eigenvalue weighted by molar-refractivity contribution is -0.323. The average molecular weight is 352 g/mol. The molecule has 1 saturated carbocycles. The lowest BCUT2D eigenvalue weighted by atomic mass is 9.65. The molecule has 24 heavy (non-hydrogen) atoms. The van der Waals surface area contributed by atoms with E-state index in [0.717, 1.165) is 0 Å². The largest absolute Gasteiger partial charge is 0.550 e. The number of benzene rings is 1. The summed E-state index contributed by atoms with van der Waals surface area (Å²) >= 11 is 5.93. The number of nitrogens with one attached hydrogen (secondary N) is 2. The van der Waals surface area contributed by atoms with Crippen molar-refractivity contribution in [1.29, 1.82) is 0 Å². The van der Waals surface area contributed by atoms with Gasteiger partial charge in [-0.25, -0.2) is 0 Å². The van der Waals surface area contributed by atoms with E-state index in [1.54, 1.807) is 39.0 Å². The lowest BCUT2D eigenvalue weighted by Crippen LogP contribution is -2.52. The molecule has 2 rings (SSSR count). The molecule has 1 aromatic carbocycles. The van der Waals surface area contributed by atoms with Gasteiger partial charge in [0.2, 0.25) is 5.91 Å². The van der Waals surface area contributed by atoms with Gasteiger partial charge < -0.3 is 9.90 Å².